The first-order chi connectivity index (χ1) is 8.61. The first-order valence-corrected chi connectivity index (χ1v) is 6.76. The fourth-order valence-electron chi connectivity index (χ4n) is 1.82. The number of carbonyl (C=O) groups is 1. The number of carbonyl (C=O) groups excluding carboxylic acids is 1. The summed E-state index contributed by atoms with van der Waals surface area (Å²) in [6, 6.07) is 7.64. The van der Waals surface area contributed by atoms with Crippen LogP contribution >= 0.6 is 11.6 Å². The summed E-state index contributed by atoms with van der Waals surface area (Å²) in [4.78, 5) is 11.6. The highest BCUT2D eigenvalue weighted by molar-refractivity contribution is 6.30. The Kier molecular flexibility index (Phi) is 6.76. The zero-order valence-corrected chi connectivity index (χ0v) is 11.5. The van der Waals surface area contributed by atoms with Crippen molar-refractivity contribution in [2.24, 2.45) is 5.73 Å². The van der Waals surface area contributed by atoms with E-state index in [4.69, 9.17) is 17.3 Å². The average Bonchev–Trinajstić information content (AvgIpc) is 2.29. The molecule has 0 spiro atoms. The molecule has 0 bridgehead atoms. The van der Waals surface area contributed by atoms with E-state index in [1.807, 2.05) is 24.3 Å². The molecule has 0 saturated carbocycles. The first kappa shape index (κ1) is 15.0. The van der Waals surface area contributed by atoms with E-state index in [2.05, 4.69) is 12.2 Å². The third-order valence-corrected chi connectivity index (χ3v) is 2.97. The Morgan fingerprint density at radius 2 is 2.28 bits per heavy atom. The monoisotopic (exact) mass is 268 g/mol. The molecule has 0 radical (unpaired) electrons. The van der Waals surface area contributed by atoms with Gasteiger partial charge in [-0.25, -0.2) is 0 Å². The molecule has 0 aliphatic carbocycles. The maximum absolute atomic E-state index is 11.6. The largest absolute Gasteiger partial charge is 0.356 e. The number of hydrogen-bond acceptors (Lipinski definition) is 2. The van der Waals surface area contributed by atoms with Gasteiger partial charge < -0.3 is 11.1 Å². The van der Waals surface area contributed by atoms with Gasteiger partial charge in [0.1, 0.15) is 0 Å². The summed E-state index contributed by atoms with van der Waals surface area (Å²) in [5.74, 6) is 0.0259. The summed E-state index contributed by atoms with van der Waals surface area (Å²) >= 11 is 5.89. The quantitative estimate of drug-likeness (QED) is 0.798. The molecule has 0 fully saturated rings. The van der Waals surface area contributed by atoms with Crippen molar-refractivity contribution in [1.29, 1.82) is 0 Å². The fourth-order valence-corrected chi connectivity index (χ4v) is 2.03. The molecule has 3 nitrogen and oxygen atoms in total. The predicted molar refractivity (Wildman–Crippen MR) is 75.7 cm³/mol. The molecule has 1 aromatic carbocycles. The lowest BCUT2D eigenvalue weighted by molar-refractivity contribution is -0.121. The molecule has 0 aliphatic rings. The van der Waals surface area contributed by atoms with Crippen molar-refractivity contribution in [2.75, 3.05) is 6.54 Å². The van der Waals surface area contributed by atoms with Crippen molar-refractivity contribution >= 4 is 17.5 Å². The number of nitrogens with one attached hydrogen (secondary N) is 1. The minimum Gasteiger partial charge on any atom is -0.356 e. The van der Waals surface area contributed by atoms with Crippen LogP contribution in [0.5, 0.6) is 0 Å². The second kappa shape index (κ2) is 8.11. The van der Waals surface area contributed by atoms with Gasteiger partial charge >= 0.3 is 0 Å². The molecular weight excluding hydrogens is 248 g/mol. The minimum absolute atomic E-state index is 0.0259. The molecule has 0 aromatic heterocycles. The van der Waals surface area contributed by atoms with Gasteiger partial charge in [0.05, 0.1) is 0 Å². The smallest absolute Gasteiger partial charge is 0.221 e. The van der Waals surface area contributed by atoms with Crippen LogP contribution < -0.4 is 11.1 Å². The zero-order valence-electron chi connectivity index (χ0n) is 10.8. The summed E-state index contributed by atoms with van der Waals surface area (Å²) in [6.45, 7) is 2.69. The normalized spacial score (nSPS) is 12.2. The number of amides is 1. The minimum atomic E-state index is -0.0267. The summed E-state index contributed by atoms with van der Waals surface area (Å²) < 4.78 is 0. The Bertz CT molecular complexity index is 382. The number of halogens is 1. The third kappa shape index (κ3) is 6.03. The molecule has 18 heavy (non-hydrogen) atoms. The van der Waals surface area contributed by atoms with E-state index < -0.39 is 0 Å². The van der Waals surface area contributed by atoms with Gasteiger partial charge in [-0.05, 0) is 30.5 Å². The second-order valence-corrected chi connectivity index (χ2v) is 4.92. The van der Waals surface area contributed by atoms with Crippen LogP contribution in [0.3, 0.4) is 0 Å². The third-order valence-electron chi connectivity index (χ3n) is 2.73. The van der Waals surface area contributed by atoms with Gasteiger partial charge in [-0.3, -0.25) is 4.79 Å². The van der Waals surface area contributed by atoms with Crippen LogP contribution in [-0.2, 0) is 11.2 Å². The van der Waals surface area contributed by atoms with Crippen LogP contribution in [0.15, 0.2) is 24.3 Å². The van der Waals surface area contributed by atoms with E-state index in [0.717, 1.165) is 29.8 Å². The molecule has 1 aromatic rings. The van der Waals surface area contributed by atoms with E-state index >= 15 is 0 Å². The van der Waals surface area contributed by atoms with Gasteiger partial charge in [0, 0.05) is 24.0 Å². The van der Waals surface area contributed by atoms with Gasteiger partial charge in [-0.15, -0.1) is 0 Å². The molecule has 1 rings (SSSR count). The Morgan fingerprint density at radius 3 is 2.94 bits per heavy atom. The van der Waals surface area contributed by atoms with Crippen molar-refractivity contribution in [3.05, 3.63) is 34.9 Å². The highest BCUT2D eigenvalue weighted by Gasteiger charge is 2.07. The molecule has 0 saturated heterocycles. The Balaban J connectivity index is 2.23. The summed E-state index contributed by atoms with van der Waals surface area (Å²) in [6.07, 6.45) is 3.09. The average molecular weight is 269 g/mol. The lowest BCUT2D eigenvalue weighted by Crippen LogP contribution is -2.32. The van der Waals surface area contributed by atoms with E-state index in [1.54, 1.807) is 0 Å². The lowest BCUT2D eigenvalue weighted by atomic mass is 10.1. The molecule has 100 valence electrons. The van der Waals surface area contributed by atoms with Gasteiger partial charge in [0.2, 0.25) is 5.91 Å². The van der Waals surface area contributed by atoms with Crippen molar-refractivity contribution in [1.82, 2.24) is 5.32 Å². The van der Waals surface area contributed by atoms with Gasteiger partial charge in [-0.2, -0.15) is 0 Å². The molecule has 3 N–H and O–H groups in total. The highest BCUT2D eigenvalue weighted by atomic mass is 35.5. The SMILES string of the molecule is CCCC(N)CC(=O)NCCc1cccc(Cl)c1. The molecule has 0 aliphatic heterocycles. The maximum Gasteiger partial charge on any atom is 0.221 e. The fraction of sp³-hybridized carbons (Fsp3) is 0.500. The topological polar surface area (TPSA) is 55.1 Å². The number of benzene rings is 1. The standard InChI is InChI=1S/C14H21ClN2O/c1-2-4-13(16)10-14(18)17-8-7-11-5-3-6-12(15)9-11/h3,5-6,9,13H,2,4,7-8,10,16H2,1H3,(H,17,18). The molecule has 1 atom stereocenters. The molecular formula is C14H21ClN2O. The van der Waals surface area contributed by atoms with E-state index in [0.29, 0.717) is 13.0 Å². The first-order valence-electron chi connectivity index (χ1n) is 6.38. The molecule has 0 heterocycles. The van der Waals surface area contributed by atoms with E-state index in [-0.39, 0.29) is 11.9 Å². The van der Waals surface area contributed by atoms with Crippen molar-refractivity contribution < 1.29 is 4.79 Å². The van der Waals surface area contributed by atoms with Crippen LogP contribution in [0.1, 0.15) is 31.7 Å². The Morgan fingerprint density at radius 1 is 1.50 bits per heavy atom. The van der Waals surface area contributed by atoms with Gasteiger partial charge in [0.25, 0.3) is 0 Å². The van der Waals surface area contributed by atoms with E-state index in [1.165, 1.54) is 0 Å². The second-order valence-electron chi connectivity index (χ2n) is 4.48. The van der Waals surface area contributed by atoms with Crippen molar-refractivity contribution in [3.63, 3.8) is 0 Å². The van der Waals surface area contributed by atoms with Crippen LogP contribution in [0, 0.1) is 0 Å². The lowest BCUT2D eigenvalue weighted by Gasteiger charge is -2.10. The number of nitrogens with two attached hydrogens (primary N) is 1. The Hall–Kier alpha value is -1.06. The molecule has 4 heteroatoms. The summed E-state index contributed by atoms with van der Waals surface area (Å²) in [7, 11) is 0. The number of hydrogen-bond donors (Lipinski definition) is 2. The molecule has 1 unspecified atom stereocenters. The van der Waals surface area contributed by atoms with Crippen LogP contribution in [0.25, 0.3) is 0 Å². The summed E-state index contributed by atoms with van der Waals surface area (Å²) in [5, 5.41) is 3.60. The van der Waals surface area contributed by atoms with Crippen LogP contribution in [-0.4, -0.2) is 18.5 Å². The van der Waals surface area contributed by atoms with Crippen LogP contribution in [0.4, 0.5) is 0 Å². The highest BCUT2D eigenvalue weighted by Crippen LogP contribution is 2.10. The summed E-state index contributed by atoms with van der Waals surface area (Å²) in [5.41, 5.74) is 6.94. The maximum atomic E-state index is 11.6. The van der Waals surface area contributed by atoms with Gasteiger partial charge in [-0.1, -0.05) is 37.1 Å². The van der Waals surface area contributed by atoms with Crippen molar-refractivity contribution in [3.8, 4) is 0 Å². The Labute approximate surface area is 114 Å². The zero-order chi connectivity index (χ0) is 13.4. The predicted octanol–water partition coefficient (Wildman–Crippen LogP) is 2.52. The molecule has 1 amide bonds. The van der Waals surface area contributed by atoms with E-state index in [9.17, 15) is 4.79 Å². The number of rotatable bonds is 7. The van der Waals surface area contributed by atoms with Gasteiger partial charge in [0.15, 0.2) is 0 Å². The van der Waals surface area contributed by atoms with Crippen LogP contribution in [0.2, 0.25) is 5.02 Å². The van der Waals surface area contributed by atoms with Crippen molar-refractivity contribution in [2.45, 2.75) is 38.6 Å².